The number of rotatable bonds is 4. The first-order valence-electron chi connectivity index (χ1n) is 6.20. The minimum absolute atomic E-state index is 0.0544. The van der Waals surface area contributed by atoms with Gasteiger partial charge < -0.3 is 9.73 Å². The van der Waals surface area contributed by atoms with Crippen molar-refractivity contribution in [2.24, 2.45) is 0 Å². The number of amides is 1. The van der Waals surface area contributed by atoms with Crippen molar-refractivity contribution in [2.75, 3.05) is 14.1 Å². The van der Waals surface area contributed by atoms with Gasteiger partial charge in [-0.2, -0.15) is 0 Å². The number of nitrogens with one attached hydrogen (secondary N) is 1. The summed E-state index contributed by atoms with van der Waals surface area (Å²) < 4.78 is 5.33. The molecule has 19 heavy (non-hydrogen) atoms. The smallest absolute Gasteiger partial charge is 0.288 e. The summed E-state index contributed by atoms with van der Waals surface area (Å²) in [4.78, 5) is 14.1. The van der Waals surface area contributed by atoms with E-state index in [1.165, 1.54) is 6.26 Å². The van der Waals surface area contributed by atoms with Crippen LogP contribution in [0.5, 0.6) is 0 Å². The first kappa shape index (κ1) is 13.4. The SMILES string of the molecule is CC(NC(=O)c1occc1-c1ccccc1)N(C)C. The standard InChI is InChI=1S/C15H18N2O2/c1-11(17(2)3)16-15(18)14-13(9-10-19-14)12-7-5-4-6-8-12/h4-11H,1-3H3,(H,16,18). The molecule has 4 heteroatoms. The van der Waals surface area contributed by atoms with Gasteiger partial charge in [-0.15, -0.1) is 0 Å². The van der Waals surface area contributed by atoms with E-state index < -0.39 is 0 Å². The summed E-state index contributed by atoms with van der Waals surface area (Å²) in [6.07, 6.45) is 1.48. The zero-order chi connectivity index (χ0) is 13.8. The zero-order valence-corrected chi connectivity index (χ0v) is 11.4. The summed E-state index contributed by atoms with van der Waals surface area (Å²) >= 11 is 0. The van der Waals surface area contributed by atoms with Crippen LogP contribution in [-0.4, -0.2) is 31.1 Å². The maximum atomic E-state index is 12.2. The third kappa shape index (κ3) is 3.03. The van der Waals surface area contributed by atoms with Gasteiger partial charge in [-0.05, 0) is 32.6 Å². The molecule has 2 rings (SSSR count). The summed E-state index contributed by atoms with van der Waals surface area (Å²) in [6.45, 7) is 1.92. The highest BCUT2D eigenvalue weighted by Crippen LogP contribution is 2.24. The molecule has 1 amide bonds. The van der Waals surface area contributed by atoms with Gasteiger partial charge in [0.15, 0.2) is 5.76 Å². The van der Waals surface area contributed by atoms with Crippen LogP contribution in [0, 0.1) is 0 Å². The number of carbonyl (C=O) groups excluding carboxylic acids is 1. The average molecular weight is 258 g/mol. The average Bonchev–Trinajstić information content (AvgIpc) is 2.88. The lowest BCUT2D eigenvalue weighted by Crippen LogP contribution is -2.42. The second-order valence-electron chi connectivity index (χ2n) is 4.64. The Balaban J connectivity index is 2.23. The highest BCUT2D eigenvalue weighted by molar-refractivity contribution is 5.98. The van der Waals surface area contributed by atoms with Gasteiger partial charge in [-0.3, -0.25) is 9.69 Å². The largest absolute Gasteiger partial charge is 0.459 e. The Kier molecular flexibility index (Phi) is 4.02. The van der Waals surface area contributed by atoms with Crippen LogP contribution in [0.1, 0.15) is 17.5 Å². The van der Waals surface area contributed by atoms with Gasteiger partial charge in [-0.1, -0.05) is 30.3 Å². The van der Waals surface area contributed by atoms with Crippen molar-refractivity contribution < 1.29 is 9.21 Å². The summed E-state index contributed by atoms with van der Waals surface area (Å²) in [5.41, 5.74) is 1.78. The quantitative estimate of drug-likeness (QED) is 0.857. The number of nitrogens with zero attached hydrogens (tertiary/aromatic N) is 1. The van der Waals surface area contributed by atoms with Crippen molar-refractivity contribution in [2.45, 2.75) is 13.1 Å². The van der Waals surface area contributed by atoms with E-state index in [4.69, 9.17) is 4.42 Å². The molecule has 1 aromatic carbocycles. The van der Waals surface area contributed by atoms with Crippen LogP contribution in [0.15, 0.2) is 47.1 Å². The molecule has 0 radical (unpaired) electrons. The number of furan rings is 1. The van der Waals surface area contributed by atoms with Crippen molar-refractivity contribution in [1.82, 2.24) is 10.2 Å². The second kappa shape index (κ2) is 5.71. The predicted octanol–water partition coefficient (Wildman–Crippen LogP) is 2.58. The van der Waals surface area contributed by atoms with E-state index in [0.717, 1.165) is 11.1 Å². The van der Waals surface area contributed by atoms with Crippen LogP contribution in [0.2, 0.25) is 0 Å². The van der Waals surface area contributed by atoms with Crippen molar-refractivity contribution >= 4 is 5.91 Å². The summed E-state index contributed by atoms with van der Waals surface area (Å²) in [5.74, 6) is 0.143. The first-order valence-corrected chi connectivity index (χ1v) is 6.20. The fraction of sp³-hybridized carbons (Fsp3) is 0.267. The molecule has 100 valence electrons. The molecule has 0 fully saturated rings. The lowest BCUT2D eigenvalue weighted by molar-refractivity contribution is 0.0873. The maximum absolute atomic E-state index is 12.2. The topological polar surface area (TPSA) is 45.5 Å². The normalized spacial score (nSPS) is 12.4. The molecule has 1 N–H and O–H groups in total. The van der Waals surface area contributed by atoms with Crippen molar-refractivity contribution in [3.8, 4) is 11.1 Å². The molecule has 0 aliphatic carbocycles. The van der Waals surface area contributed by atoms with Gasteiger partial charge >= 0.3 is 0 Å². The van der Waals surface area contributed by atoms with E-state index in [0.29, 0.717) is 5.76 Å². The van der Waals surface area contributed by atoms with Gasteiger partial charge in [0.1, 0.15) is 0 Å². The number of hydrogen-bond donors (Lipinski definition) is 1. The monoisotopic (exact) mass is 258 g/mol. The van der Waals surface area contributed by atoms with E-state index in [9.17, 15) is 4.79 Å². The number of carbonyl (C=O) groups is 1. The van der Waals surface area contributed by atoms with Gasteiger partial charge in [-0.25, -0.2) is 0 Å². The van der Waals surface area contributed by atoms with Crippen molar-refractivity contribution in [3.63, 3.8) is 0 Å². The Morgan fingerprint density at radius 1 is 1.21 bits per heavy atom. The Morgan fingerprint density at radius 2 is 1.89 bits per heavy atom. The molecule has 4 nitrogen and oxygen atoms in total. The highest BCUT2D eigenvalue weighted by Gasteiger charge is 2.18. The van der Waals surface area contributed by atoms with E-state index >= 15 is 0 Å². The van der Waals surface area contributed by atoms with E-state index in [1.54, 1.807) is 0 Å². The molecular formula is C15H18N2O2. The zero-order valence-electron chi connectivity index (χ0n) is 11.4. The van der Waals surface area contributed by atoms with Crippen LogP contribution < -0.4 is 5.32 Å². The molecule has 1 atom stereocenters. The molecule has 1 heterocycles. The van der Waals surface area contributed by atoms with E-state index in [-0.39, 0.29) is 12.1 Å². The molecule has 0 spiro atoms. The summed E-state index contributed by atoms with van der Waals surface area (Å²) in [5, 5.41) is 2.89. The molecule has 1 aromatic heterocycles. The van der Waals surface area contributed by atoms with Gasteiger partial charge in [0.2, 0.25) is 0 Å². The molecule has 1 unspecified atom stereocenters. The van der Waals surface area contributed by atoms with Gasteiger partial charge in [0.05, 0.1) is 12.4 Å². The Bertz CT molecular complexity index is 546. The van der Waals surface area contributed by atoms with Crippen LogP contribution in [0.3, 0.4) is 0 Å². The molecule has 0 aliphatic rings. The van der Waals surface area contributed by atoms with Crippen molar-refractivity contribution in [1.29, 1.82) is 0 Å². The molecular weight excluding hydrogens is 240 g/mol. The lowest BCUT2D eigenvalue weighted by atomic mass is 10.1. The summed E-state index contributed by atoms with van der Waals surface area (Å²) in [6, 6.07) is 11.5. The summed E-state index contributed by atoms with van der Waals surface area (Å²) in [7, 11) is 3.82. The van der Waals surface area contributed by atoms with Gasteiger partial charge in [0.25, 0.3) is 5.91 Å². The molecule has 0 bridgehead atoms. The number of hydrogen-bond acceptors (Lipinski definition) is 3. The van der Waals surface area contributed by atoms with E-state index in [2.05, 4.69) is 5.32 Å². The molecule has 0 saturated heterocycles. The Labute approximate surface area is 113 Å². The first-order chi connectivity index (χ1) is 9.09. The van der Waals surface area contributed by atoms with Crippen molar-refractivity contribution in [3.05, 3.63) is 48.4 Å². The minimum atomic E-state index is -0.204. The second-order valence-corrected chi connectivity index (χ2v) is 4.64. The third-order valence-corrected chi connectivity index (χ3v) is 3.07. The lowest BCUT2D eigenvalue weighted by Gasteiger charge is -2.20. The Morgan fingerprint density at radius 3 is 2.53 bits per heavy atom. The minimum Gasteiger partial charge on any atom is -0.459 e. The Hall–Kier alpha value is -2.07. The predicted molar refractivity (Wildman–Crippen MR) is 74.8 cm³/mol. The molecule has 0 aliphatic heterocycles. The number of benzene rings is 1. The third-order valence-electron chi connectivity index (χ3n) is 3.07. The van der Waals surface area contributed by atoms with Crippen LogP contribution >= 0.6 is 0 Å². The fourth-order valence-electron chi connectivity index (χ4n) is 1.71. The molecule has 2 aromatic rings. The maximum Gasteiger partial charge on any atom is 0.288 e. The van der Waals surface area contributed by atoms with Crippen LogP contribution in [-0.2, 0) is 0 Å². The fourth-order valence-corrected chi connectivity index (χ4v) is 1.71. The van der Waals surface area contributed by atoms with E-state index in [1.807, 2.05) is 62.3 Å². The van der Waals surface area contributed by atoms with Crippen LogP contribution in [0.4, 0.5) is 0 Å². The molecule has 0 saturated carbocycles. The van der Waals surface area contributed by atoms with Crippen LogP contribution in [0.25, 0.3) is 11.1 Å². The van der Waals surface area contributed by atoms with Gasteiger partial charge in [0, 0.05) is 5.56 Å². The highest BCUT2D eigenvalue weighted by atomic mass is 16.3.